The molecule has 1 amide bonds. The number of aryl methyl sites for hydroxylation is 1. The lowest BCUT2D eigenvalue weighted by molar-refractivity contribution is 0.0650. The molecule has 0 radical (unpaired) electrons. The van der Waals surface area contributed by atoms with Crippen LogP contribution in [0.5, 0.6) is 0 Å². The molecule has 0 spiro atoms. The Morgan fingerprint density at radius 1 is 1.42 bits per heavy atom. The van der Waals surface area contributed by atoms with Crippen LogP contribution < -0.4 is 5.32 Å². The molecule has 1 aromatic carbocycles. The Kier molecular flexibility index (Phi) is 4.43. The smallest absolute Gasteiger partial charge is 0.254 e. The number of likely N-dealkylation sites (tertiary alicyclic amines) is 1. The van der Waals surface area contributed by atoms with Crippen LogP contribution in [0.25, 0.3) is 0 Å². The van der Waals surface area contributed by atoms with Gasteiger partial charge in [0.1, 0.15) is 0 Å². The zero-order valence-electron chi connectivity index (χ0n) is 11.6. The third-order valence-corrected chi connectivity index (χ3v) is 3.91. The number of piperidine rings is 1. The number of carbonyl (C=O) groups is 1. The average molecular weight is 262 g/mol. The summed E-state index contributed by atoms with van der Waals surface area (Å²) in [6.07, 6.45) is 1.80. The summed E-state index contributed by atoms with van der Waals surface area (Å²) in [7, 11) is 1.87. The van der Waals surface area contributed by atoms with Crippen LogP contribution in [0.2, 0.25) is 0 Å². The molecule has 104 valence electrons. The summed E-state index contributed by atoms with van der Waals surface area (Å²) >= 11 is 0. The molecule has 1 fully saturated rings. The third-order valence-electron chi connectivity index (χ3n) is 3.91. The highest BCUT2D eigenvalue weighted by Gasteiger charge is 2.23. The normalized spacial score (nSPS) is 16.5. The van der Waals surface area contributed by atoms with Crippen molar-refractivity contribution in [2.24, 2.45) is 5.92 Å². The van der Waals surface area contributed by atoms with Gasteiger partial charge in [-0.1, -0.05) is 0 Å². The zero-order chi connectivity index (χ0) is 13.8. The maximum atomic E-state index is 12.5. The van der Waals surface area contributed by atoms with Crippen molar-refractivity contribution >= 4 is 11.6 Å². The largest absolute Gasteiger partial charge is 0.396 e. The Labute approximate surface area is 114 Å². The highest BCUT2D eigenvalue weighted by molar-refractivity contribution is 5.96. The van der Waals surface area contributed by atoms with Crippen LogP contribution in [0.3, 0.4) is 0 Å². The Morgan fingerprint density at radius 3 is 2.63 bits per heavy atom. The number of nitrogens with zero attached hydrogens (tertiary/aromatic N) is 1. The van der Waals surface area contributed by atoms with Crippen LogP contribution in [-0.4, -0.2) is 42.7 Å². The second-order valence-corrected chi connectivity index (χ2v) is 5.20. The lowest BCUT2D eigenvalue weighted by Gasteiger charge is -2.31. The van der Waals surface area contributed by atoms with E-state index in [0.29, 0.717) is 5.92 Å². The van der Waals surface area contributed by atoms with Gasteiger partial charge >= 0.3 is 0 Å². The summed E-state index contributed by atoms with van der Waals surface area (Å²) in [6, 6.07) is 5.82. The fourth-order valence-corrected chi connectivity index (χ4v) is 2.55. The fraction of sp³-hybridized carbons (Fsp3) is 0.533. The van der Waals surface area contributed by atoms with Gasteiger partial charge in [0, 0.05) is 38.0 Å². The van der Waals surface area contributed by atoms with E-state index in [2.05, 4.69) is 5.32 Å². The quantitative estimate of drug-likeness (QED) is 0.874. The zero-order valence-corrected chi connectivity index (χ0v) is 11.6. The second kappa shape index (κ2) is 6.06. The Balaban J connectivity index is 2.08. The SMILES string of the molecule is CNc1ccc(C(=O)N2CCC(CO)CC2)c(C)c1. The molecule has 1 saturated heterocycles. The van der Waals surface area contributed by atoms with Gasteiger partial charge in [0.15, 0.2) is 0 Å². The summed E-state index contributed by atoms with van der Waals surface area (Å²) in [4.78, 5) is 14.4. The number of hydrogen-bond acceptors (Lipinski definition) is 3. The number of amides is 1. The minimum atomic E-state index is 0.108. The van der Waals surface area contributed by atoms with Gasteiger partial charge in [-0.25, -0.2) is 0 Å². The molecule has 0 atom stereocenters. The van der Waals surface area contributed by atoms with Crippen molar-refractivity contribution in [2.45, 2.75) is 19.8 Å². The van der Waals surface area contributed by atoms with E-state index in [-0.39, 0.29) is 12.5 Å². The lowest BCUT2D eigenvalue weighted by atomic mass is 9.97. The van der Waals surface area contributed by atoms with Gasteiger partial charge in [-0.2, -0.15) is 0 Å². The first-order valence-corrected chi connectivity index (χ1v) is 6.84. The molecule has 0 bridgehead atoms. The summed E-state index contributed by atoms with van der Waals surface area (Å²) in [5, 5.41) is 12.2. The molecule has 0 aliphatic carbocycles. The number of nitrogens with one attached hydrogen (secondary N) is 1. The molecule has 0 unspecified atom stereocenters. The molecular formula is C15H22N2O2. The van der Waals surface area contributed by atoms with Gasteiger partial charge in [0.05, 0.1) is 0 Å². The first-order chi connectivity index (χ1) is 9.15. The second-order valence-electron chi connectivity index (χ2n) is 5.20. The summed E-state index contributed by atoms with van der Waals surface area (Å²) in [5.74, 6) is 0.466. The van der Waals surface area contributed by atoms with Crippen LogP contribution in [-0.2, 0) is 0 Å². The number of aliphatic hydroxyl groups excluding tert-OH is 1. The highest BCUT2D eigenvalue weighted by Crippen LogP contribution is 2.21. The van der Waals surface area contributed by atoms with E-state index in [1.807, 2.05) is 37.1 Å². The number of rotatable bonds is 3. The van der Waals surface area contributed by atoms with E-state index in [1.54, 1.807) is 0 Å². The van der Waals surface area contributed by atoms with Crippen LogP contribution >= 0.6 is 0 Å². The van der Waals surface area contributed by atoms with E-state index < -0.39 is 0 Å². The molecule has 4 nitrogen and oxygen atoms in total. The van der Waals surface area contributed by atoms with E-state index >= 15 is 0 Å². The van der Waals surface area contributed by atoms with Crippen LogP contribution in [0.4, 0.5) is 5.69 Å². The van der Waals surface area contributed by atoms with E-state index in [1.165, 1.54) is 0 Å². The Morgan fingerprint density at radius 2 is 2.11 bits per heavy atom. The monoisotopic (exact) mass is 262 g/mol. The minimum Gasteiger partial charge on any atom is -0.396 e. The molecule has 1 aliphatic heterocycles. The third kappa shape index (κ3) is 3.07. The summed E-state index contributed by atoms with van der Waals surface area (Å²) < 4.78 is 0. The predicted octanol–water partition coefficient (Wildman–Crippen LogP) is 1.88. The van der Waals surface area contributed by atoms with Crippen molar-refractivity contribution in [3.8, 4) is 0 Å². The van der Waals surface area contributed by atoms with Gasteiger partial charge in [-0.3, -0.25) is 4.79 Å². The molecular weight excluding hydrogens is 240 g/mol. The molecule has 1 heterocycles. The summed E-state index contributed by atoms with van der Waals surface area (Å²) in [6.45, 7) is 3.70. The molecule has 19 heavy (non-hydrogen) atoms. The first-order valence-electron chi connectivity index (χ1n) is 6.84. The molecule has 0 saturated carbocycles. The highest BCUT2D eigenvalue weighted by atomic mass is 16.3. The standard InChI is InChI=1S/C15H22N2O2/c1-11-9-13(16-2)3-4-14(11)15(19)17-7-5-12(10-18)6-8-17/h3-4,9,12,16,18H,5-8,10H2,1-2H3. The average Bonchev–Trinajstić information content (AvgIpc) is 2.46. The van der Waals surface area contributed by atoms with Gasteiger partial charge in [-0.15, -0.1) is 0 Å². The summed E-state index contributed by atoms with van der Waals surface area (Å²) in [5.41, 5.74) is 2.80. The number of anilines is 1. The van der Waals surface area contributed by atoms with Gasteiger partial charge in [0.25, 0.3) is 5.91 Å². The fourth-order valence-electron chi connectivity index (χ4n) is 2.55. The maximum Gasteiger partial charge on any atom is 0.254 e. The predicted molar refractivity (Wildman–Crippen MR) is 76.4 cm³/mol. The number of aliphatic hydroxyl groups is 1. The molecule has 1 aromatic rings. The number of hydrogen-bond donors (Lipinski definition) is 2. The molecule has 2 N–H and O–H groups in total. The number of benzene rings is 1. The lowest BCUT2D eigenvalue weighted by Crippen LogP contribution is -2.39. The van der Waals surface area contributed by atoms with Crippen LogP contribution in [0.1, 0.15) is 28.8 Å². The Hall–Kier alpha value is -1.55. The topological polar surface area (TPSA) is 52.6 Å². The Bertz CT molecular complexity index is 451. The van der Waals surface area contributed by atoms with E-state index in [9.17, 15) is 4.79 Å². The van der Waals surface area contributed by atoms with E-state index in [0.717, 1.165) is 42.7 Å². The number of carbonyl (C=O) groups excluding carboxylic acids is 1. The van der Waals surface area contributed by atoms with Crippen molar-refractivity contribution < 1.29 is 9.90 Å². The maximum absolute atomic E-state index is 12.5. The van der Waals surface area contributed by atoms with E-state index in [4.69, 9.17) is 5.11 Å². The molecule has 4 heteroatoms. The molecule has 2 rings (SSSR count). The van der Waals surface area contributed by atoms with Crippen molar-refractivity contribution in [2.75, 3.05) is 32.1 Å². The van der Waals surface area contributed by atoms with Gasteiger partial charge in [-0.05, 0) is 49.4 Å². The van der Waals surface area contributed by atoms with Crippen LogP contribution in [0.15, 0.2) is 18.2 Å². The molecule has 0 aromatic heterocycles. The van der Waals surface area contributed by atoms with Crippen molar-refractivity contribution in [3.05, 3.63) is 29.3 Å². The minimum absolute atomic E-state index is 0.108. The first kappa shape index (κ1) is 13.9. The van der Waals surface area contributed by atoms with Crippen molar-refractivity contribution in [1.82, 2.24) is 4.90 Å². The van der Waals surface area contributed by atoms with Crippen LogP contribution in [0, 0.1) is 12.8 Å². The molecule has 1 aliphatic rings. The van der Waals surface area contributed by atoms with Crippen molar-refractivity contribution in [1.29, 1.82) is 0 Å². The van der Waals surface area contributed by atoms with Gasteiger partial charge in [0.2, 0.25) is 0 Å². The van der Waals surface area contributed by atoms with Gasteiger partial charge < -0.3 is 15.3 Å². The van der Waals surface area contributed by atoms with Crippen molar-refractivity contribution in [3.63, 3.8) is 0 Å².